The Morgan fingerprint density at radius 2 is 1.72 bits per heavy atom. The second-order valence-electron chi connectivity index (χ2n) is 6.47. The summed E-state index contributed by atoms with van der Waals surface area (Å²) in [6.45, 7) is 3.57. The molecule has 3 heteroatoms. The molecule has 3 atom stereocenters. The Morgan fingerprint density at radius 1 is 1.06 bits per heavy atom. The molecule has 1 saturated carbocycles. The third-order valence-electron chi connectivity index (χ3n) is 5.16. The maximum Gasteiger partial charge on any atom is 0.0707 e. The zero-order chi connectivity index (χ0) is 12.4. The number of rotatable bonds is 4. The Balaban J connectivity index is 1.53. The lowest BCUT2D eigenvalue weighted by atomic mass is 9.83. The lowest BCUT2D eigenvalue weighted by Gasteiger charge is -2.38. The van der Waals surface area contributed by atoms with E-state index < -0.39 is 0 Å². The number of hydrogen-bond acceptors (Lipinski definition) is 3. The standard InChI is InChI=1S/C15H28N2O/c1-16-15(12-5-3-2-4-6-12)11-17-9-13-7-8-14(10-17)18-13/h12-16H,2-11H2,1H3. The van der Waals surface area contributed by atoms with Gasteiger partial charge >= 0.3 is 0 Å². The summed E-state index contributed by atoms with van der Waals surface area (Å²) in [6, 6.07) is 0.697. The van der Waals surface area contributed by atoms with Gasteiger partial charge in [-0.05, 0) is 38.6 Å². The fraction of sp³-hybridized carbons (Fsp3) is 1.00. The fourth-order valence-corrected chi connectivity index (χ4v) is 4.14. The molecule has 1 aliphatic carbocycles. The first-order chi connectivity index (χ1) is 8.85. The number of morpholine rings is 1. The monoisotopic (exact) mass is 252 g/mol. The summed E-state index contributed by atoms with van der Waals surface area (Å²) in [7, 11) is 2.15. The van der Waals surface area contributed by atoms with Gasteiger partial charge in [-0.1, -0.05) is 19.3 Å². The Kier molecular flexibility index (Phi) is 4.22. The molecule has 0 radical (unpaired) electrons. The highest BCUT2D eigenvalue weighted by atomic mass is 16.5. The molecule has 0 aromatic heterocycles. The third kappa shape index (κ3) is 2.89. The molecule has 3 rings (SSSR count). The Labute approximate surface area is 111 Å². The van der Waals surface area contributed by atoms with E-state index in [4.69, 9.17) is 4.74 Å². The number of ether oxygens (including phenoxy) is 1. The van der Waals surface area contributed by atoms with Crippen molar-refractivity contribution in [2.24, 2.45) is 5.92 Å². The van der Waals surface area contributed by atoms with Gasteiger partial charge in [0.25, 0.3) is 0 Å². The van der Waals surface area contributed by atoms with Gasteiger partial charge in [0.2, 0.25) is 0 Å². The SMILES string of the molecule is CNC(CN1CC2CCC(C1)O2)C1CCCCC1. The van der Waals surface area contributed by atoms with E-state index in [1.807, 2.05) is 0 Å². The molecule has 2 heterocycles. The van der Waals surface area contributed by atoms with Gasteiger partial charge in [0.05, 0.1) is 12.2 Å². The largest absolute Gasteiger partial charge is 0.372 e. The van der Waals surface area contributed by atoms with Crippen LogP contribution in [-0.2, 0) is 4.74 Å². The maximum absolute atomic E-state index is 5.93. The van der Waals surface area contributed by atoms with Crippen molar-refractivity contribution in [1.82, 2.24) is 10.2 Å². The summed E-state index contributed by atoms with van der Waals surface area (Å²) in [4.78, 5) is 2.65. The van der Waals surface area contributed by atoms with Crippen LogP contribution in [0, 0.1) is 5.92 Å². The molecule has 3 fully saturated rings. The highest BCUT2D eigenvalue weighted by Gasteiger charge is 2.35. The Hall–Kier alpha value is -0.120. The molecular formula is C15H28N2O. The zero-order valence-electron chi connectivity index (χ0n) is 11.7. The predicted molar refractivity (Wildman–Crippen MR) is 73.8 cm³/mol. The molecule has 1 N–H and O–H groups in total. The zero-order valence-corrected chi connectivity index (χ0v) is 11.7. The molecule has 104 valence electrons. The van der Waals surface area contributed by atoms with Crippen molar-refractivity contribution in [2.45, 2.75) is 63.2 Å². The van der Waals surface area contributed by atoms with Gasteiger partial charge in [0.15, 0.2) is 0 Å². The van der Waals surface area contributed by atoms with Crippen LogP contribution in [0.2, 0.25) is 0 Å². The molecule has 3 aliphatic rings. The average molecular weight is 252 g/mol. The van der Waals surface area contributed by atoms with E-state index in [0.717, 1.165) is 5.92 Å². The van der Waals surface area contributed by atoms with Crippen molar-refractivity contribution in [2.75, 3.05) is 26.7 Å². The van der Waals surface area contributed by atoms with Crippen molar-refractivity contribution in [3.05, 3.63) is 0 Å². The van der Waals surface area contributed by atoms with Gasteiger partial charge in [-0.25, -0.2) is 0 Å². The quantitative estimate of drug-likeness (QED) is 0.828. The van der Waals surface area contributed by atoms with E-state index in [1.54, 1.807) is 0 Å². The van der Waals surface area contributed by atoms with Crippen LogP contribution in [0.1, 0.15) is 44.9 Å². The highest BCUT2D eigenvalue weighted by Crippen LogP contribution is 2.29. The first kappa shape index (κ1) is 12.9. The minimum atomic E-state index is 0.535. The number of fused-ring (bicyclic) bond motifs is 2. The van der Waals surface area contributed by atoms with Gasteiger partial charge in [0.1, 0.15) is 0 Å². The second kappa shape index (κ2) is 5.89. The first-order valence-corrected chi connectivity index (χ1v) is 7.90. The number of hydrogen-bond donors (Lipinski definition) is 1. The van der Waals surface area contributed by atoms with E-state index in [9.17, 15) is 0 Å². The van der Waals surface area contributed by atoms with Crippen LogP contribution in [-0.4, -0.2) is 49.8 Å². The summed E-state index contributed by atoms with van der Waals surface area (Å²) in [5.41, 5.74) is 0. The lowest BCUT2D eigenvalue weighted by molar-refractivity contribution is -0.0427. The Morgan fingerprint density at radius 3 is 2.33 bits per heavy atom. The highest BCUT2D eigenvalue weighted by molar-refractivity contribution is 4.88. The number of likely N-dealkylation sites (N-methyl/N-ethyl adjacent to an activating group) is 1. The minimum absolute atomic E-state index is 0.535. The lowest BCUT2D eigenvalue weighted by Crippen LogP contribution is -2.50. The molecule has 0 aromatic carbocycles. The van der Waals surface area contributed by atoms with E-state index in [-0.39, 0.29) is 0 Å². The van der Waals surface area contributed by atoms with Crippen molar-refractivity contribution >= 4 is 0 Å². The summed E-state index contributed by atoms with van der Waals surface area (Å²) in [6.07, 6.45) is 10.8. The van der Waals surface area contributed by atoms with Gasteiger partial charge in [-0.2, -0.15) is 0 Å². The van der Waals surface area contributed by atoms with E-state index in [0.29, 0.717) is 18.2 Å². The molecule has 0 spiro atoms. The molecule has 3 unspecified atom stereocenters. The molecule has 0 aromatic rings. The van der Waals surface area contributed by atoms with E-state index in [2.05, 4.69) is 17.3 Å². The van der Waals surface area contributed by atoms with Gasteiger partial charge in [-0.3, -0.25) is 4.90 Å². The van der Waals surface area contributed by atoms with Gasteiger partial charge in [-0.15, -0.1) is 0 Å². The van der Waals surface area contributed by atoms with Crippen LogP contribution in [0.4, 0.5) is 0 Å². The predicted octanol–water partition coefficient (Wildman–Crippen LogP) is 2.02. The van der Waals surface area contributed by atoms with Crippen molar-refractivity contribution in [1.29, 1.82) is 0 Å². The summed E-state index contributed by atoms with van der Waals surface area (Å²) in [5, 5.41) is 3.59. The minimum Gasteiger partial charge on any atom is -0.372 e. The summed E-state index contributed by atoms with van der Waals surface area (Å²) in [5.74, 6) is 0.907. The van der Waals surface area contributed by atoms with E-state index >= 15 is 0 Å². The van der Waals surface area contributed by atoms with Crippen LogP contribution in [0.25, 0.3) is 0 Å². The molecule has 2 bridgehead atoms. The molecule has 2 aliphatic heterocycles. The van der Waals surface area contributed by atoms with Gasteiger partial charge < -0.3 is 10.1 Å². The van der Waals surface area contributed by atoms with Crippen LogP contribution >= 0.6 is 0 Å². The third-order valence-corrected chi connectivity index (χ3v) is 5.16. The smallest absolute Gasteiger partial charge is 0.0707 e. The maximum atomic E-state index is 5.93. The molecule has 3 nitrogen and oxygen atoms in total. The number of nitrogens with zero attached hydrogens (tertiary/aromatic N) is 1. The van der Waals surface area contributed by atoms with Crippen LogP contribution in [0.3, 0.4) is 0 Å². The average Bonchev–Trinajstić information content (AvgIpc) is 2.76. The Bertz CT molecular complexity index is 253. The van der Waals surface area contributed by atoms with Crippen molar-refractivity contribution in [3.8, 4) is 0 Å². The van der Waals surface area contributed by atoms with Crippen molar-refractivity contribution < 1.29 is 4.74 Å². The first-order valence-electron chi connectivity index (χ1n) is 7.90. The van der Waals surface area contributed by atoms with Gasteiger partial charge in [0, 0.05) is 25.7 Å². The van der Waals surface area contributed by atoms with Crippen molar-refractivity contribution in [3.63, 3.8) is 0 Å². The van der Waals surface area contributed by atoms with Crippen LogP contribution in [0.15, 0.2) is 0 Å². The normalized spacial score (nSPS) is 35.8. The number of likely N-dealkylation sites (tertiary alicyclic amines) is 1. The van der Waals surface area contributed by atoms with E-state index in [1.165, 1.54) is 64.6 Å². The topological polar surface area (TPSA) is 24.5 Å². The molecular weight excluding hydrogens is 224 g/mol. The molecule has 0 amide bonds. The van der Waals surface area contributed by atoms with Crippen LogP contribution in [0.5, 0.6) is 0 Å². The summed E-state index contributed by atoms with van der Waals surface area (Å²) < 4.78 is 5.93. The molecule has 2 saturated heterocycles. The summed E-state index contributed by atoms with van der Waals surface area (Å²) >= 11 is 0. The fourth-order valence-electron chi connectivity index (χ4n) is 4.14. The van der Waals surface area contributed by atoms with Crippen LogP contribution < -0.4 is 5.32 Å². The number of nitrogens with one attached hydrogen (secondary N) is 1. The molecule has 18 heavy (non-hydrogen) atoms. The second-order valence-corrected chi connectivity index (χ2v) is 6.47.